The third-order valence-electron chi connectivity index (χ3n) is 5.41. The topological polar surface area (TPSA) is 76.9 Å². The number of thiophene rings is 1. The average molecular weight is 437 g/mol. The maximum atomic E-state index is 13.1. The molecule has 0 fully saturated rings. The van der Waals surface area contributed by atoms with Gasteiger partial charge in [0.15, 0.2) is 5.13 Å². The van der Waals surface area contributed by atoms with E-state index < -0.39 is 0 Å². The summed E-state index contributed by atoms with van der Waals surface area (Å²) < 4.78 is 1.80. The van der Waals surface area contributed by atoms with Gasteiger partial charge in [0.05, 0.1) is 16.0 Å². The molecular weight excluding hydrogens is 416 g/mol. The zero-order valence-electron chi connectivity index (χ0n) is 16.5. The van der Waals surface area contributed by atoms with Crippen LogP contribution >= 0.6 is 22.7 Å². The van der Waals surface area contributed by atoms with Gasteiger partial charge in [-0.2, -0.15) is 0 Å². The quantitative estimate of drug-likeness (QED) is 0.497. The Bertz CT molecular complexity index is 1300. The molecule has 8 heteroatoms. The van der Waals surface area contributed by atoms with Crippen LogP contribution < -0.4 is 10.9 Å². The number of benzene rings is 1. The fourth-order valence-corrected chi connectivity index (χ4v) is 5.65. The fourth-order valence-electron chi connectivity index (χ4n) is 3.85. The number of hydrogen-bond acceptors (Lipinski definition) is 6. The zero-order valence-corrected chi connectivity index (χ0v) is 18.1. The molecule has 5 rings (SSSR count). The second-order valence-electron chi connectivity index (χ2n) is 7.39. The molecule has 1 aliphatic heterocycles. The van der Waals surface area contributed by atoms with E-state index >= 15 is 0 Å². The molecule has 0 bridgehead atoms. The normalized spacial score (nSPS) is 13.8. The number of aryl methyl sites for hydroxylation is 2. The van der Waals surface area contributed by atoms with Crippen molar-refractivity contribution in [2.45, 2.75) is 39.2 Å². The summed E-state index contributed by atoms with van der Waals surface area (Å²) in [6.45, 7) is 2.53. The minimum Gasteiger partial charge on any atom is -0.297 e. The van der Waals surface area contributed by atoms with Crippen LogP contribution in [0.5, 0.6) is 0 Å². The number of nitrogens with zero attached hydrogens (tertiary/aromatic N) is 3. The minimum atomic E-state index is -0.246. The Morgan fingerprint density at radius 1 is 1.13 bits per heavy atom. The second-order valence-corrected chi connectivity index (χ2v) is 9.25. The van der Waals surface area contributed by atoms with Crippen molar-refractivity contribution in [3.05, 3.63) is 62.3 Å². The van der Waals surface area contributed by atoms with Gasteiger partial charge < -0.3 is 0 Å². The van der Waals surface area contributed by atoms with Gasteiger partial charge in [-0.3, -0.25) is 19.5 Å². The van der Waals surface area contributed by atoms with Crippen LogP contribution in [-0.2, 0) is 13.0 Å². The van der Waals surface area contributed by atoms with Crippen LogP contribution in [0.1, 0.15) is 40.3 Å². The van der Waals surface area contributed by atoms with E-state index in [-0.39, 0.29) is 11.5 Å². The number of rotatable bonds is 3. The summed E-state index contributed by atoms with van der Waals surface area (Å²) in [5, 5.41) is 5.92. The maximum Gasteiger partial charge on any atom is 0.267 e. The van der Waals surface area contributed by atoms with Gasteiger partial charge in [-0.15, -0.1) is 22.7 Å². The first-order valence-corrected chi connectivity index (χ1v) is 11.7. The molecule has 152 valence electrons. The van der Waals surface area contributed by atoms with E-state index in [0.29, 0.717) is 32.3 Å². The van der Waals surface area contributed by atoms with E-state index in [0.717, 1.165) is 42.8 Å². The van der Waals surface area contributed by atoms with E-state index in [9.17, 15) is 9.59 Å². The molecule has 4 heterocycles. The number of aromatic nitrogens is 3. The lowest BCUT2D eigenvalue weighted by Crippen LogP contribution is -2.24. The first kappa shape index (κ1) is 19.1. The molecule has 0 unspecified atom stereocenters. The van der Waals surface area contributed by atoms with Crippen LogP contribution in [0.25, 0.3) is 21.5 Å². The van der Waals surface area contributed by atoms with Gasteiger partial charge in [-0.05, 0) is 25.3 Å². The average Bonchev–Trinajstić information content (AvgIpc) is 3.26. The Balaban J connectivity index is 1.47. The number of hydrogen-bond donors (Lipinski definition) is 1. The Morgan fingerprint density at radius 3 is 2.80 bits per heavy atom. The lowest BCUT2D eigenvalue weighted by molar-refractivity contribution is 0.103. The van der Waals surface area contributed by atoms with Crippen LogP contribution in [-0.4, -0.2) is 20.4 Å². The molecule has 30 heavy (non-hydrogen) atoms. The molecule has 0 radical (unpaired) electrons. The molecule has 0 spiro atoms. The van der Waals surface area contributed by atoms with Crippen LogP contribution in [0, 0.1) is 6.92 Å². The van der Waals surface area contributed by atoms with Crippen molar-refractivity contribution in [3.63, 3.8) is 0 Å². The van der Waals surface area contributed by atoms with Gasteiger partial charge in [0.25, 0.3) is 11.5 Å². The number of carbonyl (C=O) groups excluding carboxylic acids is 1. The van der Waals surface area contributed by atoms with Gasteiger partial charge in [-0.1, -0.05) is 36.8 Å². The molecular formula is C22H20N4O2S2. The molecule has 6 nitrogen and oxygen atoms in total. The van der Waals surface area contributed by atoms with E-state index in [2.05, 4.69) is 10.3 Å². The van der Waals surface area contributed by atoms with E-state index in [1.54, 1.807) is 4.57 Å². The number of fused-ring (bicyclic) bond motifs is 2. The van der Waals surface area contributed by atoms with Crippen molar-refractivity contribution in [1.29, 1.82) is 0 Å². The number of carbonyl (C=O) groups is 1. The van der Waals surface area contributed by atoms with Crippen LogP contribution in [0.15, 0.2) is 40.5 Å². The highest BCUT2D eigenvalue weighted by Gasteiger charge is 2.22. The van der Waals surface area contributed by atoms with Crippen LogP contribution in [0.4, 0.5) is 5.13 Å². The molecule has 4 aromatic rings. The third-order valence-corrected chi connectivity index (χ3v) is 7.35. The molecule has 0 saturated carbocycles. The van der Waals surface area contributed by atoms with Crippen molar-refractivity contribution >= 4 is 43.9 Å². The summed E-state index contributed by atoms with van der Waals surface area (Å²) in [7, 11) is 0. The Kier molecular flexibility index (Phi) is 4.96. The number of anilines is 1. The highest BCUT2D eigenvalue weighted by molar-refractivity contribution is 7.21. The van der Waals surface area contributed by atoms with Crippen molar-refractivity contribution < 1.29 is 4.79 Å². The minimum absolute atomic E-state index is 0.0229. The smallest absolute Gasteiger partial charge is 0.267 e. The summed E-state index contributed by atoms with van der Waals surface area (Å²) in [6.07, 6.45) is 3.96. The van der Waals surface area contributed by atoms with E-state index in [4.69, 9.17) is 4.98 Å². The van der Waals surface area contributed by atoms with Crippen molar-refractivity contribution in [2.24, 2.45) is 0 Å². The summed E-state index contributed by atoms with van der Waals surface area (Å²) in [5.74, 6) is 0.592. The van der Waals surface area contributed by atoms with Crippen LogP contribution in [0.3, 0.4) is 0 Å². The largest absolute Gasteiger partial charge is 0.297 e. The van der Waals surface area contributed by atoms with E-state index in [1.807, 2.05) is 42.6 Å². The Labute approximate surface area is 181 Å². The standard InChI is InChI=1S/C22H20N4O2S2/c1-13-17-20(24-16-10-6-3-7-11-26(16)21(17)28)30-18(13)19(27)25-22-23-15(12-29-22)14-8-4-2-5-9-14/h2,4-5,8-9,12H,3,6-7,10-11H2,1H3,(H,23,25,27). The second kappa shape index (κ2) is 7.77. The molecule has 1 N–H and O–H groups in total. The molecule has 1 aromatic carbocycles. The van der Waals surface area contributed by atoms with E-state index in [1.165, 1.54) is 22.7 Å². The molecule has 0 saturated heterocycles. The van der Waals surface area contributed by atoms with Gasteiger partial charge >= 0.3 is 0 Å². The van der Waals surface area contributed by atoms with Crippen molar-refractivity contribution in [3.8, 4) is 11.3 Å². The summed E-state index contributed by atoms with van der Waals surface area (Å²) in [4.78, 5) is 36.5. The summed E-state index contributed by atoms with van der Waals surface area (Å²) in [5.41, 5.74) is 2.51. The Morgan fingerprint density at radius 2 is 1.97 bits per heavy atom. The first-order chi connectivity index (χ1) is 14.6. The highest BCUT2D eigenvalue weighted by Crippen LogP contribution is 2.30. The fraction of sp³-hybridized carbons (Fsp3) is 0.273. The van der Waals surface area contributed by atoms with Gasteiger partial charge in [0.2, 0.25) is 0 Å². The predicted octanol–water partition coefficient (Wildman–Crippen LogP) is 4.87. The molecule has 1 aliphatic rings. The lowest BCUT2D eigenvalue weighted by Gasteiger charge is -2.08. The molecule has 0 aliphatic carbocycles. The molecule has 1 amide bonds. The number of nitrogens with one attached hydrogen (secondary N) is 1. The van der Waals surface area contributed by atoms with Gasteiger partial charge in [0, 0.05) is 23.9 Å². The molecule has 0 atom stereocenters. The van der Waals surface area contributed by atoms with Crippen molar-refractivity contribution in [2.75, 3.05) is 5.32 Å². The third kappa shape index (κ3) is 3.36. The van der Waals surface area contributed by atoms with Gasteiger partial charge in [0.1, 0.15) is 10.7 Å². The number of amides is 1. The predicted molar refractivity (Wildman–Crippen MR) is 122 cm³/mol. The van der Waals surface area contributed by atoms with Crippen molar-refractivity contribution in [1.82, 2.24) is 14.5 Å². The summed E-state index contributed by atoms with van der Waals surface area (Å²) >= 11 is 2.67. The lowest BCUT2D eigenvalue weighted by atomic mass is 10.2. The SMILES string of the molecule is Cc1c(C(=O)Nc2nc(-c3ccccc3)cs2)sc2nc3n(c(=O)c12)CCCCC3. The Hall–Kier alpha value is -2.84. The summed E-state index contributed by atoms with van der Waals surface area (Å²) in [6, 6.07) is 9.85. The monoisotopic (exact) mass is 436 g/mol. The number of thiazole rings is 1. The molecule has 3 aromatic heterocycles. The highest BCUT2D eigenvalue weighted by atomic mass is 32.1. The first-order valence-electron chi connectivity index (χ1n) is 9.97. The maximum absolute atomic E-state index is 13.1. The van der Waals surface area contributed by atoms with Gasteiger partial charge in [-0.25, -0.2) is 9.97 Å². The zero-order chi connectivity index (χ0) is 20.7. The van der Waals surface area contributed by atoms with Crippen LogP contribution in [0.2, 0.25) is 0 Å².